The zero-order chi connectivity index (χ0) is 9.97. The number of aryl methyl sites for hydroxylation is 1. The molecule has 0 aromatic carbocycles. The van der Waals surface area contributed by atoms with E-state index in [1.807, 2.05) is 25.3 Å². The first-order valence-electron chi connectivity index (χ1n) is 5.25. The van der Waals surface area contributed by atoms with Gasteiger partial charge in [0.2, 0.25) is 0 Å². The van der Waals surface area contributed by atoms with Crippen molar-refractivity contribution in [3.05, 3.63) is 34.2 Å². The van der Waals surface area contributed by atoms with Crippen molar-refractivity contribution in [2.24, 2.45) is 0 Å². The van der Waals surface area contributed by atoms with Crippen LogP contribution in [0.3, 0.4) is 0 Å². The molecule has 0 spiro atoms. The van der Waals surface area contributed by atoms with E-state index >= 15 is 0 Å². The Hall–Kier alpha value is -1.09. The monoisotopic (exact) mass is 192 g/mol. The number of nitrogens with one attached hydrogen (secondary N) is 1. The molecule has 1 aromatic rings. The third-order valence-corrected chi connectivity index (χ3v) is 2.83. The molecule has 0 saturated carbocycles. The maximum absolute atomic E-state index is 11.9. The molecule has 1 aliphatic heterocycles. The Kier molecular flexibility index (Phi) is 2.68. The molecule has 0 bridgehead atoms. The summed E-state index contributed by atoms with van der Waals surface area (Å²) < 4.78 is 1.76. The first-order valence-corrected chi connectivity index (χ1v) is 5.25. The summed E-state index contributed by atoms with van der Waals surface area (Å²) in [5.74, 6) is 0. The summed E-state index contributed by atoms with van der Waals surface area (Å²) in [7, 11) is 0. The molecule has 1 N–H and O–H groups in total. The first-order chi connectivity index (χ1) is 6.83. The lowest BCUT2D eigenvalue weighted by Crippen LogP contribution is -2.27. The van der Waals surface area contributed by atoms with E-state index in [1.54, 1.807) is 4.57 Å². The van der Waals surface area contributed by atoms with Gasteiger partial charge in [0.05, 0.1) is 0 Å². The van der Waals surface area contributed by atoms with Crippen molar-refractivity contribution >= 4 is 0 Å². The Morgan fingerprint density at radius 1 is 1.64 bits per heavy atom. The van der Waals surface area contributed by atoms with E-state index in [1.165, 1.54) is 6.42 Å². The minimum atomic E-state index is 0.161. The molecular weight excluding hydrogens is 176 g/mol. The van der Waals surface area contributed by atoms with Gasteiger partial charge in [0.25, 0.3) is 5.56 Å². The van der Waals surface area contributed by atoms with Crippen molar-refractivity contribution in [1.29, 1.82) is 0 Å². The summed E-state index contributed by atoms with van der Waals surface area (Å²) in [5.41, 5.74) is 1.08. The second-order valence-electron chi connectivity index (χ2n) is 3.70. The Morgan fingerprint density at radius 3 is 3.14 bits per heavy atom. The van der Waals surface area contributed by atoms with Crippen molar-refractivity contribution in [2.75, 3.05) is 6.54 Å². The van der Waals surface area contributed by atoms with Crippen LogP contribution in [0, 0.1) is 0 Å². The van der Waals surface area contributed by atoms with Gasteiger partial charge in [0.1, 0.15) is 0 Å². The lowest BCUT2D eigenvalue weighted by molar-refractivity contribution is 0.617. The highest BCUT2D eigenvalue weighted by Gasteiger charge is 2.19. The molecule has 1 atom stereocenters. The number of pyridine rings is 1. The molecule has 1 saturated heterocycles. The molecule has 0 amide bonds. The van der Waals surface area contributed by atoms with Crippen LogP contribution in [0.2, 0.25) is 0 Å². The zero-order valence-corrected chi connectivity index (χ0v) is 8.49. The molecule has 3 heteroatoms. The van der Waals surface area contributed by atoms with E-state index in [0.717, 1.165) is 25.1 Å². The third kappa shape index (κ3) is 1.60. The van der Waals surface area contributed by atoms with Gasteiger partial charge in [-0.05, 0) is 32.4 Å². The second-order valence-corrected chi connectivity index (χ2v) is 3.70. The van der Waals surface area contributed by atoms with Gasteiger partial charge in [-0.1, -0.05) is 6.07 Å². The average molecular weight is 192 g/mol. The molecule has 1 aliphatic rings. The molecule has 0 radical (unpaired) electrons. The van der Waals surface area contributed by atoms with Crippen LogP contribution in [-0.4, -0.2) is 11.1 Å². The molecular formula is C11H16N2O. The summed E-state index contributed by atoms with van der Waals surface area (Å²) in [5, 5.41) is 3.35. The highest BCUT2D eigenvalue weighted by atomic mass is 16.1. The van der Waals surface area contributed by atoms with Crippen molar-refractivity contribution in [2.45, 2.75) is 32.4 Å². The van der Waals surface area contributed by atoms with Crippen LogP contribution in [0.25, 0.3) is 0 Å². The van der Waals surface area contributed by atoms with Crippen molar-refractivity contribution in [3.63, 3.8) is 0 Å². The summed E-state index contributed by atoms with van der Waals surface area (Å²) in [6.45, 7) is 3.78. The number of aromatic nitrogens is 1. The van der Waals surface area contributed by atoms with Crippen LogP contribution in [0.15, 0.2) is 23.1 Å². The van der Waals surface area contributed by atoms with E-state index in [-0.39, 0.29) is 11.6 Å². The van der Waals surface area contributed by atoms with Gasteiger partial charge < -0.3 is 9.88 Å². The fourth-order valence-corrected chi connectivity index (χ4v) is 2.02. The smallest absolute Gasteiger partial charge is 0.255 e. The van der Waals surface area contributed by atoms with Gasteiger partial charge in [0, 0.05) is 24.3 Å². The normalized spacial score (nSPS) is 21.4. The molecule has 2 heterocycles. The molecule has 1 unspecified atom stereocenters. The van der Waals surface area contributed by atoms with Crippen LogP contribution in [-0.2, 0) is 6.54 Å². The van der Waals surface area contributed by atoms with Crippen LogP contribution < -0.4 is 10.9 Å². The molecule has 14 heavy (non-hydrogen) atoms. The van der Waals surface area contributed by atoms with E-state index in [9.17, 15) is 4.79 Å². The van der Waals surface area contributed by atoms with Gasteiger partial charge >= 0.3 is 0 Å². The standard InChI is InChI=1S/C11H16N2O/c1-2-13-8-4-5-9(11(13)14)10-6-3-7-12-10/h4-5,8,10,12H,2-3,6-7H2,1H3. The SMILES string of the molecule is CCn1cccc(C2CCCN2)c1=O. The lowest BCUT2D eigenvalue weighted by Gasteiger charge is -2.11. The Morgan fingerprint density at radius 2 is 2.50 bits per heavy atom. The van der Waals surface area contributed by atoms with Crippen molar-refractivity contribution in [1.82, 2.24) is 9.88 Å². The summed E-state index contributed by atoms with van der Waals surface area (Å²) in [4.78, 5) is 11.9. The fraction of sp³-hybridized carbons (Fsp3) is 0.545. The number of nitrogens with zero attached hydrogens (tertiary/aromatic N) is 1. The number of rotatable bonds is 2. The van der Waals surface area contributed by atoms with Gasteiger partial charge in [-0.2, -0.15) is 0 Å². The van der Waals surface area contributed by atoms with Gasteiger partial charge in [0.15, 0.2) is 0 Å². The maximum Gasteiger partial charge on any atom is 0.255 e. The highest BCUT2D eigenvalue weighted by Crippen LogP contribution is 2.19. The lowest BCUT2D eigenvalue weighted by atomic mass is 10.1. The largest absolute Gasteiger partial charge is 0.316 e. The molecule has 1 fully saturated rings. The second kappa shape index (κ2) is 3.96. The van der Waals surface area contributed by atoms with Crippen LogP contribution in [0.5, 0.6) is 0 Å². The summed E-state index contributed by atoms with van der Waals surface area (Å²) in [6.07, 6.45) is 4.11. The quantitative estimate of drug-likeness (QED) is 0.766. The van der Waals surface area contributed by atoms with Crippen LogP contribution in [0.1, 0.15) is 31.4 Å². The van der Waals surface area contributed by atoms with Gasteiger partial charge in [-0.15, -0.1) is 0 Å². The number of hydrogen-bond donors (Lipinski definition) is 1. The topological polar surface area (TPSA) is 34.0 Å². The third-order valence-electron chi connectivity index (χ3n) is 2.83. The highest BCUT2D eigenvalue weighted by molar-refractivity contribution is 5.16. The maximum atomic E-state index is 11.9. The molecule has 0 aliphatic carbocycles. The predicted molar refractivity (Wildman–Crippen MR) is 56.4 cm³/mol. The number of hydrogen-bond acceptors (Lipinski definition) is 2. The first kappa shape index (κ1) is 9.46. The molecule has 2 rings (SSSR count). The van der Waals surface area contributed by atoms with E-state index in [0.29, 0.717) is 0 Å². The Bertz CT molecular complexity index is 364. The zero-order valence-electron chi connectivity index (χ0n) is 8.49. The van der Waals surface area contributed by atoms with E-state index in [4.69, 9.17) is 0 Å². The molecule has 1 aromatic heterocycles. The predicted octanol–water partition coefficient (Wildman–Crippen LogP) is 1.29. The average Bonchev–Trinajstić information content (AvgIpc) is 2.71. The fourth-order valence-electron chi connectivity index (χ4n) is 2.02. The van der Waals surface area contributed by atoms with E-state index in [2.05, 4.69) is 5.32 Å². The Labute approximate surface area is 83.8 Å². The summed E-state index contributed by atoms with van der Waals surface area (Å²) >= 11 is 0. The summed E-state index contributed by atoms with van der Waals surface area (Å²) in [6, 6.07) is 4.18. The van der Waals surface area contributed by atoms with Crippen molar-refractivity contribution < 1.29 is 0 Å². The minimum Gasteiger partial charge on any atom is -0.316 e. The van der Waals surface area contributed by atoms with E-state index < -0.39 is 0 Å². The minimum absolute atomic E-state index is 0.161. The van der Waals surface area contributed by atoms with Gasteiger partial charge in [-0.3, -0.25) is 4.79 Å². The van der Waals surface area contributed by atoms with Gasteiger partial charge in [-0.25, -0.2) is 0 Å². The Balaban J connectivity index is 2.37. The molecule has 3 nitrogen and oxygen atoms in total. The van der Waals surface area contributed by atoms with Crippen molar-refractivity contribution in [3.8, 4) is 0 Å². The van der Waals surface area contributed by atoms with Crippen LogP contribution >= 0.6 is 0 Å². The van der Waals surface area contributed by atoms with Crippen LogP contribution in [0.4, 0.5) is 0 Å². The molecule has 76 valence electrons.